The largest absolute Gasteiger partial charge is 0.497 e. The fourth-order valence-electron chi connectivity index (χ4n) is 3.48. The number of hydrogen-bond donors (Lipinski definition) is 0. The first-order valence-electron chi connectivity index (χ1n) is 10.1. The molecular formula is C23H19F2N3O3S. The molecule has 0 atom stereocenters. The number of rotatable bonds is 6. The molecule has 0 saturated heterocycles. The van der Waals surface area contributed by atoms with Gasteiger partial charge in [0.25, 0.3) is 5.56 Å². The van der Waals surface area contributed by atoms with E-state index in [4.69, 9.17) is 9.15 Å². The van der Waals surface area contributed by atoms with E-state index in [2.05, 4.69) is 9.97 Å². The van der Waals surface area contributed by atoms with Crippen LogP contribution >= 0.6 is 11.8 Å². The van der Waals surface area contributed by atoms with Crippen LogP contribution in [-0.2, 0) is 5.75 Å². The fourth-order valence-corrected chi connectivity index (χ4v) is 4.55. The van der Waals surface area contributed by atoms with E-state index < -0.39 is 11.6 Å². The molecule has 32 heavy (non-hydrogen) atoms. The van der Waals surface area contributed by atoms with Gasteiger partial charge in [0.15, 0.2) is 16.8 Å². The van der Waals surface area contributed by atoms with Crippen LogP contribution in [0, 0.1) is 18.6 Å². The Hall–Kier alpha value is -3.20. The molecule has 0 aliphatic heterocycles. The molecule has 0 amide bonds. The molecule has 9 heteroatoms. The molecule has 2 aromatic heterocycles. The van der Waals surface area contributed by atoms with Gasteiger partial charge in [0, 0.05) is 23.4 Å². The summed E-state index contributed by atoms with van der Waals surface area (Å²) in [5.41, 5.74) is 1.34. The SMILES string of the molecule is COc1ccc(-c2nc(CSc3nc4cc(F)c(F)cc4c(=O)n3C3CC3)c(C)o2)cc1. The molecule has 2 heterocycles. The molecule has 4 aromatic rings. The quantitative estimate of drug-likeness (QED) is 0.291. The van der Waals surface area contributed by atoms with Crippen LogP contribution in [0.3, 0.4) is 0 Å². The van der Waals surface area contributed by atoms with E-state index in [-0.39, 0.29) is 22.5 Å². The number of fused-ring (bicyclic) bond motifs is 1. The van der Waals surface area contributed by atoms with Crippen molar-refractivity contribution in [1.29, 1.82) is 0 Å². The zero-order valence-corrected chi connectivity index (χ0v) is 18.2. The predicted octanol–water partition coefficient (Wildman–Crippen LogP) is 5.27. The molecule has 2 aromatic carbocycles. The minimum atomic E-state index is -1.05. The van der Waals surface area contributed by atoms with Gasteiger partial charge < -0.3 is 9.15 Å². The molecule has 0 unspecified atom stereocenters. The number of methoxy groups -OCH3 is 1. The molecule has 164 valence electrons. The molecule has 0 N–H and O–H groups in total. The Morgan fingerprint density at radius 2 is 1.88 bits per heavy atom. The van der Waals surface area contributed by atoms with Gasteiger partial charge in [-0.3, -0.25) is 9.36 Å². The minimum Gasteiger partial charge on any atom is -0.497 e. The van der Waals surface area contributed by atoms with E-state index in [1.54, 1.807) is 11.7 Å². The highest BCUT2D eigenvalue weighted by Crippen LogP contribution is 2.38. The van der Waals surface area contributed by atoms with E-state index in [0.29, 0.717) is 22.6 Å². The Balaban J connectivity index is 1.46. The number of aromatic nitrogens is 3. The van der Waals surface area contributed by atoms with E-state index in [1.807, 2.05) is 31.2 Å². The summed E-state index contributed by atoms with van der Waals surface area (Å²) in [7, 11) is 1.60. The first-order chi connectivity index (χ1) is 15.4. The second-order valence-electron chi connectivity index (χ2n) is 7.62. The lowest BCUT2D eigenvalue weighted by atomic mass is 10.2. The maximum Gasteiger partial charge on any atom is 0.262 e. The Kier molecular flexibility index (Phi) is 5.21. The second-order valence-corrected chi connectivity index (χ2v) is 8.57. The van der Waals surface area contributed by atoms with Crippen LogP contribution < -0.4 is 10.3 Å². The maximum absolute atomic E-state index is 13.7. The first-order valence-corrected chi connectivity index (χ1v) is 11.1. The highest BCUT2D eigenvalue weighted by Gasteiger charge is 2.29. The molecule has 0 radical (unpaired) electrons. The van der Waals surface area contributed by atoms with Gasteiger partial charge in [-0.05, 0) is 50.1 Å². The summed E-state index contributed by atoms with van der Waals surface area (Å²) >= 11 is 1.33. The number of thioether (sulfide) groups is 1. The number of halogens is 2. The molecule has 1 fully saturated rings. The Bertz CT molecular complexity index is 1380. The van der Waals surface area contributed by atoms with Crippen molar-refractivity contribution in [3.8, 4) is 17.2 Å². The molecular weight excluding hydrogens is 436 g/mol. The van der Waals surface area contributed by atoms with Crippen LogP contribution in [-0.4, -0.2) is 21.6 Å². The third-order valence-corrected chi connectivity index (χ3v) is 6.35. The summed E-state index contributed by atoms with van der Waals surface area (Å²) < 4.78 is 40.0. The number of ether oxygens (including phenoxy) is 1. The summed E-state index contributed by atoms with van der Waals surface area (Å²) in [5, 5.41) is 0.545. The summed E-state index contributed by atoms with van der Waals surface area (Å²) in [5.74, 6) is 0.232. The zero-order valence-electron chi connectivity index (χ0n) is 17.4. The van der Waals surface area contributed by atoms with Crippen molar-refractivity contribution in [3.05, 3.63) is 69.8 Å². The summed E-state index contributed by atoms with van der Waals surface area (Å²) in [6, 6.07) is 9.32. The Morgan fingerprint density at radius 1 is 1.16 bits per heavy atom. The molecule has 5 rings (SSSR count). The van der Waals surface area contributed by atoms with Crippen LogP contribution in [0.1, 0.15) is 30.3 Å². The van der Waals surface area contributed by atoms with Crippen LogP contribution in [0.25, 0.3) is 22.4 Å². The summed E-state index contributed by atoms with van der Waals surface area (Å²) in [6.07, 6.45) is 1.71. The monoisotopic (exact) mass is 455 g/mol. The normalized spacial score (nSPS) is 13.6. The van der Waals surface area contributed by atoms with Gasteiger partial charge in [0.05, 0.1) is 23.7 Å². The lowest BCUT2D eigenvalue weighted by molar-refractivity contribution is 0.415. The van der Waals surface area contributed by atoms with Crippen molar-refractivity contribution in [3.63, 3.8) is 0 Å². The van der Waals surface area contributed by atoms with E-state index in [9.17, 15) is 13.6 Å². The lowest BCUT2D eigenvalue weighted by Crippen LogP contribution is -2.22. The van der Waals surface area contributed by atoms with Gasteiger partial charge in [-0.1, -0.05) is 11.8 Å². The fraction of sp³-hybridized carbons (Fsp3) is 0.261. The van der Waals surface area contributed by atoms with Gasteiger partial charge in [0.1, 0.15) is 11.5 Å². The number of aryl methyl sites for hydroxylation is 1. The smallest absolute Gasteiger partial charge is 0.262 e. The van der Waals surface area contributed by atoms with Crippen molar-refractivity contribution in [2.75, 3.05) is 7.11 Å². The third kappa shape index (κ3) is 3.77. The van der Waals surface area contributed by atoms with E-state index in [0.717, 1.165) is 42.0 Å². The molecule has 0 spiro atoms. The standard InChI is InChI=1S/C23H19F2N3O3S/c1-12-20(26-21(31-12)13-3-7-15(30-2)8-4-13)11-32-23-27-19-10-18(25)17(24)9-16(19)22(29)28(23)14-5-6-14/h3-4,7-10,14H,5-6,11H2,1-2H3. The average molecular weight is 455 g/mol. The summed E-state index contributed by atoms with van der Waals surface area (Å²) in [6.45, 7) is 1.83. The van der Waals surface area contributed by atoms with Crippen LogP contribution in [0.2, 0.25) is 0 Å². The van der Waals surface area contributed by atoms with Crippen molar-refractivity contribution in [2.24, 2.45) is 0 Å². The molecule has 0 bridgehead atoms. The van der Waals surface area contributed by atoms with Crippen molar-refractivity contribution in [1.82, 2.24) is 14.5 Å². The first kappa shape index (κ1) is 20.7. The highest BCUT2D eigenvalue weighted by molar-refractivity contribution is 7.98. The second kappa shape index (κ2) is 8.05. The number of oxazole rings is 1. The number of nitrogens with zero attached hydrogens (tertiary/aromatic N) is 3. The molecule has 1 aliphatic rings. The van der Waals surface area contributed by atoms with E-state index >= 15 is 0 Å². The molecule has 6 nitrogen and oxygen atoms in total. The van der Waals surface area contributed by atoms with Crippen molar-refractivity contribution >= 4 is 22.7 Å². The van der Waals surface area contributed by atoms with E-state index in [1.165, 1.54) is 11.8 Å². The van der Waals surface area contributed by atoms with Crippen LogP contribution in [0.4, 0.5) is 8.78 Å². The zero-order chi connectivity index (χ0) is 22.4. The van der Waals surface area contributed by atoms with Crippen LogP contribution in [0.15, 0.2) is 50.8 Å². The topological polar surface area (TPSA) is 70.2 Å². The predicted molar refractivity (Wildman–Crippen MR) is 117 cm³/mol. The molecule has 1 aliphatic carbocycles. The summed E-state index contributed by atoms with van der Waals surface area (Å²) in [4.78, 5) is 22.1. The van der Waals surface area contributed by atoms with Gasteiger partial charge in [-0.15, -0.1) is 0 Å². The Labute approximate surface area is 186 Å². The lowest BCUT2D eigenvalue weighted by Gasteiger charge is -2.12. The van der Waals surface area contributed by atoms with Gasteiger partial charge in [0.2, 0.25) is 5.89 Å². The maximum atomic E-state index is 13.7. The number of hydrogen-bond acceptors (Lipinski definition) is 6. The average Bonchev–Trinajstić information content (AvgIpc) is 3.55. The van der Waals surface area contributed by atoms with Gasteiger partial charge >= 0.3 is 0 Å². The Morgan fingerprint density at radius 3 is 2.56 bits per heavy atom. The highest BCUT2D eigenvalue weighted by atomic mass is 32.2. The third-order valence-electron chi connectivity index (χ3n) is 5.39. The van der Waals surface area contributed by atoms with Crippen molar-refractivity contribution in [2.45, 2.75) is 36.7 Å². The minimum absolute atomic E-state index is 0.0308. The van der Waals surface area contributed by atoms with Gasteiger partial charge in [-0.2, -0.15) is 0 Å². The number of benzene rings is 2. The van der Waals surface area contributed by atoms with Gasteiger partial charge in [-0.25, -0.2) is 18.7 Å². The van der Waals surface area contributed by atoms with Crippen molar-refractivity contribution < 1.29 is 17.9 Å². The molecule has 1 saturated carbocycles. The van der Waals surface area contributed by atoms with Crippen LogP contribution in [0.5, 0.6) is 5.75 Å².